The topological polar surface area (TPSA) is 43.3 Å². The van der Waals surface area contributed by atoms with Gasteiger partial charge in [-0.05, 0) is 12.1 Å². The Morgan fingerprint density at radius 1 is 1.29 bits per heavy atom. The molecule has 2 aromatic heterocycles. The summed E-state index contributed by atoms with van der Waals surface area (Å²) >= 11 is 0. The second-order valence-corrected chi connectivity index (χ2v) is 2.83. The summed E-state index contributed by atoms with van der Waals surface area (Å²) in [7, 11) is 0. The number of nitrogen functional groups attached to an aromatic ring is 1. The molecule has 0 atom stereocenters. The molecule has 0 saturated carbocycles. The molecule has 0 amide bonds. The van der Waals surface area contributed by atoms with Gasteiger partial charge in [-0.25, -0.2) is 4.98 Å². The number of nitrogens with two attached hydrogens (primary N) is 1. The van der Waals surface area contributed by atoms with E-state index in [2.05, 4.69) is 4.98 Å². The number of fused-ring (bicyclic) bond motifs is 1. The Kier molecular flexibility index (Phi) is 1.67. The van der Waals surface area contributed by atoms with Crippen LogP contribution in [0.25, 0.3) is 5.52 Å². The number of halogens is 3. The molecule has 0 aliphatic carbocycles. The zero-order valence-electron chi connectivity index (χ0n) is 6.92. The van der Waals surface area contributed by atoms with Crippen LogP contribution in [0.4, 0.5) is 19.1 Å². The first-order chi connectivity index (χ1) is 6.48. The van der Waals surface area contributed by atoms with E-state index in [9.17, 15) is 13.2 Å². The fraction of sp³-hybridized carbons (Fsp3) is 0.125. The third-order valence-corrected chi connectivity index (χ3v) is 1.88. The molecule has 2 heterocycles. The molecule has 14 heavy (non-hydrogen) atoms. The molecule has 0 bridgehead atoms. The van der Waals surface area contributed by atoms with E-state index in [-0.39, 0.29) is 5.95 Å². The van der Waals surface area contributed by atoms with Gasteiger partial charge >= 0.3 is 6.18 Å². The zero-order valence-corrected chi connectivity index (χ0v) is 6.92. The number of alkyl halides is 3. The predicted octanol–water partition coefficient (Wildman–Crippen LogP) is 1.94. The quantitative estimate of drug-likeness (QED) is 0.707. The minimum atomic E-state index is -4.36. The number of imidazole rings is 1. The van der Waals surface area contributed by atoms with E-state index in [0.717, 1.165) is 12.3 Å². The molecule has 2 aromatic rings. The summed E-state index contributed by atoms with van der Waals surface area (Å²) in [6, 6.07) is 2.32. The Balaban J connectivity index is 2.66. The van der Waals surface area contributed by atoms with Gasteiger partial charge in [0.05, 0.1) is 17.3 Å². The molecule has 0 aliphatic rings. The average Bonchev–Trinajstić information content (AvgIpc) is 2.46. The van der Waals surface area contributed by atoms with Crippen molar-refractivity contribution in [3.63, 3.8) is 0 Å². The molecule has 0 aliphatic heterocycles. The van der Waals surface area contributed by atoms with E-state index in [1.165, 1.54) is 16.7 Å². The fourth-order valence-electron chi connectivity index (χ4n) is 1.18. The van der Waals surface area contributed by atoms with Crippen LogP contribution in [0, 0.1) is 0 Å². The minimum absolute atomic E-state index is 0.0473. The van der Waals surface area contributed by atoms with Crippen LogP contribution in [0.2, 0.25) is 0 Å². The molecular weight excluding hydrogens is 195 g/mol. The molecule has 0 radical (unpaired) electrons. The molecule has 0 spiro atoms. The standard InChI is InChI=1S/C8H6F3N3/c9-8(10,11)5-1-2-6-3-13-7(12)14(6)4-5/h1-4H,(H2,12,13). The van der Waals surface area contributed by atoms with Gasteiger partial charge in [0, 0.05) is 6.20 Å². The molecule has 74 valence electrons. The first-order valence-electron chi connectivity index (χ1n) is 3.78. The highest BCUT2D eigenvalue weighted by molar-refractivity contribution is 5.51. The Bertz CT molecular complexity index is 472. The second kappa shape index (κ2) is 2.63. The number of rotatable bonds is 0. The van der Waals surface area contributed by atoms with Gasteiger partial charge in [0.15, 0.2) is 0 Å². The summed E-state index contributed by atoms with van der Waals surface area (Å²) < 4.78 is 38.0. The average molecular weight is 201 g/mol. The van der Waals surface area contributed by atoms with Crippen molar-refractivity contribution in [2.45, 2.75) is 6.18 Å². The lowest BCUT2D eigenvalue weighted by Crippen LogP contribution is -2.06. The van der Waals surface area contributed by atoms with Crippen molar-refractivity contribution in [2.24, 2.45) is 0 Å². The molecule has 2 N–H and O–H groups in total. The molecule has 0 unspecified atom stereocenters. The zero-order chi connectivity index (χ0) is 10.3. The molecule has 2 rings (SSSR count). The lowest BCUT2D eigenvalue weighted by Gasteiger charge is -2.06. The number of pyridine rings is 1. The molecule has 3 nitrogen and oxygen atoms in total. The normalized spacial score (nSPS) is 12.2. The highest BCUT2D eigenvalue weighted by Gasteiger charge is 2.30. The predicted molar refractivity (Wildman–Crippen MR) is 44.6 cm³/mol. The van der Waals surface area contributed by atoms with E-state index in [0.29, 0.717) is 5.52 Å². The van der Waals surface area contributed by atoms with Gasteiger partial charge in [-0.1, -0.05) is 0 Å². The number of aromatic nitrogens is 2. The van der Waals surface area contributed by atoms with Gasteiger partial charge in [-0.2, -0.15) is 13.2 Å². The number of nitrogens with zero attached hydrogens (tertiary/aromatic N) is 2. The van der Waals surface area contributed by atoms with Crippen LogP contribution in [0.5, 0.6) is 0 Å². The van der Waals surface area contributed by atoms with E-state index in [4.69, 9.17) is 5.73 Å². The molecule has 0 saturated heterocycles. The van der Waals surface area contributed by atoms with Crippen LogP contribution >= 0.6 is 0 Å². The second-order valence-electron chi connectivity index (χ2n) is 2.83. The van der Waals surface area contributed by atoms with Gasteiger partial charge < -0.3 is 5.73 Å². The van der Waals surface area contributed by atoms with Crippen molar-refractivity contribution in [3.05, 3.63) is 30.1 Å². The Hall–Kier alpha value is -1.72. The van der Waals surface area contributed by atoms with Crippen LogP contribution in [0.1, 0.15) is 5.56 Å². The lowest BCUT2D eigenvalue weighted by atomic mass is 10.2. The van der Waals surface area contributed by atoms with E-state index in [1.54, 1.807) is 0 Å². The van der Waals surface area contributed by atoms with E-state index in [1.807, 2.05) is 0 Å². The van der Waals surface area contributed by atoms with E-state index < -0.39 is 11.7 Å². The molecular formula is C8H6F3N3. The van der Waals surface area contributed by atoms with Gasteiger partial charge in [0.1, 0.15) is 0 Å². The van der Waals surface area contributed by atoms with Crippen molar-refractivity contribution < 1.29 is 13.2 Å². The highest BCUT2D eigenvalue weighted by Crippen LogP contribution is 2.29. The SMILES string of the molecule is Nc1ncc2ccc(C(F)(F)F)cn12. The van der Waals surface area contributed by atoms with Crippen molar-refractivity contribution in [1.82, 2.24) is 9.38 Å². The third kappa shape index (κ3) is 1.28. The minimum Gasteiger partial charge on any atom is -0.369 e. The lowest BCUT2D eigenvalue weighted by molar-refractivity contribution is -0.137. The highest BCUT2D eigenvalue weighted by atomic mass is 19.4. The largest absolute Gasteiger partial charge is 0.417 e. The number of hydrogen-bond acceptors (Lipinski definition) is 2. The summed E-state index contributed by atoms with van der Waals surface area (Å²) in [5.74, 6) is 0.0473. The maximum absolute atomic E-state index is 12.3. The Morgan fingerprint density at radius 3 is 2.64 bits per heavy atom. The Morgan fingerprint density at radius 2 is 2.00 bits per heavy atom. The maximum atomic E-state index is 12.3. The van der Waals surface area contributed by atoms with Crippen LogP contribution in [0.15, 0.2) is 24.5 Å². The number of anilines is 1. The maximum Gasteiger partial charge on any atom is 0.417 e. The molecule has 0 aromatic carbocycles. The Labute approximate surface area is 77.0 Å². The van der Waals surface area contributed by atoms with Gasteiger partial charge in [0.2, 0.25) is 5.95 Å². The summed E-state index contributed by atoms with van der Waals surface area (Å²) in [6.07, 6.45) is -2.02. The first-order valence-corrected chi connectivity index (χ1v) is 3.78. The van der Waals surface area contributed by atoms with Gasteiger partial charge in [0.25, 0.3) is 0 Å². The van der Waals surface area contributed by atoms with Gasteiger partial charge in [-0.15, -0.1) is 0 Å². The smallest absolute Gasteiger partial charge is 0.369 e. The third-order valence-electron chi connectivity index (χ3n) is 1.88. The summed E-state index contributed by atoms with van der Waals surface area (Å²) in [6.45, 7) is 0. The van der Waals surface area contributed by atoms with Crippen molar-refractivity contribution in [3.8, 4) is 0 Å². The van der Waals surface area contributed by atoms with Crippen LogP contribution < -0.4 is 5.73 Å². The summed E-state index contributed by atoms with van der Waals surface area (Å²) in [4.78, 5) is 3.69. The van der Waals surface area contributed by atoms with Crippen LogP contribution in [-0.2, 0) is 6.18 Å². The van der Waals surface area contributed by atoms with Crippen LogP contribution in [0.3, 0.4) is 0 Å². The summed E-state index contributed by atoms with van der Waals surface area (Å²) in [5.41, 5.74) is 5.17. The molecule has 6 heteroatoms. The van der Waals surface area contributed by atoms with Crippen LogP contribution in [-0.4, -0.2) is 9.38 Å². The number of hydrogen-bond donors (Lipinski definition) is 1. The molecule has 0 fully saturated rings. The van der Waals surface area contributed by atoms with E-state index >= 15 is 0 Å². The van der Waals surface area contributed by atoms with Gasteiger partial charge in [-0.3, -0.25) is 4.40 Å². The monoisotopic (exact) mass is 201 g/mol. The van der Waals surface area contributed by atoms with Crippen molar-refractivity contribution in [2.75, 3.05) is 5.73 Å². The van der Waals surface area contributed by atoms with Crippen molar-refractivity contribution >= 4 is 11.5 Å². The van der Waals surface area contributed by atoms with Crippen molar-refractivity contribution in [1.29, 1.82) is 0 Å². The fourth-order valence-corrected chi connectivity index (χ4v) is 1.18. The summed E-state index contributed by atoms with van der Waals surface area (Å²) in [5, 5.41) is 0. The first kappa shape index (κ1) is 8.86.